The largest absolute Gasteiger partial charge is 0.421 e. The average Bonchev–Trinajstić information content (AvgIpc) is 3.31. The number of aryl methyl sites for hydroxylation is 2. The van der Waals surface area contributed by atoms with Gasteiger partial charge in [-0.25, -0.2) is 4.39 Å². The first-order chi connectivity index (χ1) is 16.5. The first-order valence-corrected chi connectivity index (χ1v) is 10.8. The van der Waals surface area contributed by atoms with Crippen LogP contribution in [0.4, 0.5) is 10.1 Å². The quantitative estimate of drug-likeness (QED) is 0.399. The molecule has 2 amide bonds. The fourth-order valence-corrected chi connectivity index (χ4v) is 3.27. The highest BCUT2D eigenvalue weighted by Crippen LogP contribution is 2.19. The summed E-state index contributed by atoms with van der Waals surface area (Å²) in [4.78, 5) is 24.6. The van der Waals surface area contributed by atoms with E-state index < -0.39 is 11.7 Å². The molecule has 4 rings (SSSR count). The van der Waals surface area contributed by atoms with Gasteiger partial charge in [0.15, 0.2) is 0 Å². The second kappa shape index (κ2) is 10.5. The van der Waals surface area contributed by atoms with Crippen LogP contribution in [0.15, 0.2) is 77.2 Å². The Hall–Kier alpha value is -4.33. The number of rotatable bonds is 8. The van der Waals surface area contributed by atoms with Crippen LogP contribution < -0.4 is 10.6 Å². The van der Waals surface area contributed by atoms with E-state index in [0.29, 0.717) is 30.4 Å². The number of aromatic nitrogens is 2. The summed E-state index contributed by atoms with van der Waals surface area (Å²) in [7, 11) is 0. The molecule has 172 valence electrons. The summed E-state index contributed by atoms with van der Waals surface area (Å²) in [6, 6.07) is 20.3. The molecule has 0 saturated heterocycles. The van der Waals surface area contributed by atoms with E-state index in [4.69, 9.17) is 4.42 Å². The standard InChI is InChI=1S/C26H23FN4O3/c1-17-8-10-19(11-9-17)26-31-30-24(34-26)13-12-23(32)28-16-18-4-2-7-22(14-18)29-25(33)20-5-3-6-21(27)15-20/h2-11,14-15H,12-13,16H2,1H3,(H,28,32)(H,29,33). The second-order valence-corrected chi connectivity index (χ2v) is 7.81. The van der Waals surface area contributed by atoms with Crippen molar-refractivity contribution in [1.29, 1.82) is 0 Å². The summed E-state index contributed by atoms with van der Waals surface area (Å²) in [5.41, 5.74) is 3.56. The number of halogens is 1. The fraction of sp³-hybridized carbons (Fsp3) is 0.154. The van der Waals surface area contributed by atoms with E-state index in [0.717, 1.165) is 16.7 Å². The molecule has 0 radical (unpaired) electrons. The summed E-state index contributed by atoms with van der Waals surface area (Å²) < 4.78 is 19.0. The number of anilines is 1. The van der Waals surface area contributed by atoms with E-state index in [-0.39, 0.29) is 17.9 Å². The summed E-state index contributed by atoms with van der Waals surface area (Å²) in [5, 5.41) is 13.6. The van der Waals surface area contributed by atoms with Gasteiger partial charge in [0.1, 0.15) is 5.82 Å². The molecule has 0 spiro atoms. The van der Waals surface area contributed by atoms with Gasteiger partial charge in [0, 0.05) is 36.2 Å². The van der Waals surface area contributed by atoms with E-state index in [1.807, 2.05) is 37.3 Å². The zero-order chi connectivity index (χ0) is 23.9. The van der Waals surface area contributed by atoms with Crippen molar-refractivity contribution in [3.8, 4) is 11.5 Å². The van der Waals surface area contributed by atoms with Gasteiger partial charge in [0.2, 0.25) is 17.7 Å². The van der Waals surface area contributed by atoms with Gasteiger partial charge in [-0.3, -0.25) is 9.59 Å². The van der Waals surface area contributed by atoms with Crippen LogP contribution in [0.3, 0.4) is 0 Å². The van der Waals surface area contributed by atoms with Crippen molar-refractivity contribution in [1.82, 2.24) is 15.5 Å². The maximum Gasteiger partial charge on any atom is 0.255 e. The molecule has 0 bridgehead atoms. The molecule has 0 saturated carbocycles. The van der Waals surface area contributed by atoms with Crippen LogP contribution in [0.2, 0.25) is 0 Å². The van der Waals surface area contributed by atoms with E-state index in [2.05, 4.69) is 20.8 Å². The van der Waals surface area contributed by atoms with E-state index in [1.54, 1.807) is 18.2 Å². The van der Waals surface area contributed by atoms with Crippen molar-refractivity contribution in [3.63, 3.8) is 0 Å². The van der Waals surface area contributed by atoms with Gasteiger partial charge in [-0.05, 0) is 55.0 Å². The summed E-state index contributed by atoms with van der Waals surface area (Å²) in [5.74, 6) is -0.231. The van der Waals surface area contributed by atoms with Crippen molar-refractivity contribution in [2.75, 3.05) is 5.32 Å². The Morgan fingerprint density at radius 2 is 1.76 bits per heavy atom. The summed E-state index contributed by atoms with van der Waals surface area (Å²) >= 11 is 0. The summed E-state index contributed by atoms with van der Waals surface area (Å²) in [6.07, 6.45) is 0.528. The molecule has 8 heteroatoms. The van der Waals surface area contributed by atoms with Crippen LogP contribution >= 0.6 is 0 Å². The Balaban J connectivity index is 1.26. The van der Waals surface area contributed by atoms with Gasteiger partial charge >= 0.3 is 0 Å². The van der Waals surface area contributed by atoms with Crippen LogP contribution in [0.1, 0.15) is 33.8 Å². The van der Waals surface area contributed by atoms with Crippen LogP contribution in [0, 0.1) is 12.7 Å². The first kappa shape index (κ1) is 22.8. The molecular formula is C26H23FN4O3. The molecule has 1 heterocycles. The number of carbonyl (C=O) groups is 2. The van der Waals surface area contributed by atoms with Crippen LogP contribution in [0.5, 0.6) is 0 Å². The molecule has 0 aliphatic heterocycles. The molecule has 0 atom stereocenters. The van der Waals surface area contributed by atoms with Crippen molar-refractivity contribution in [3.05, 3.63) is 101 Å². The molecule has 1 aromatic heterocycles. The number of hydrogen-bond donors (Lipinski definition) is 2. The molecule has 0 unspecified atom stereocenters. The number of carbonyl (C=O) groups excluding carboxylic acids is 2. The Morgan fingerprint density at radius 1 is 0.971 bits per heavy atom. The van der Waals surface area contributed by atoms with E-state index in [1.165, 1.54) is 24.3 Å². The highest BCUT2D eigenvalue weighted by atomic mass is 19.1. The molecule has 2 N–H and O–H groups in total. The molecule has 34 heavy (non-hydrogen) atoms. The third kappa shape index (κ3) is 6.13. The molecule has 0 fully saturated rings. The predicted octanol–water partition coefficient (Wildman–Crippen LogP) is 4.69. The Morgan fingerprint density at radius 3 is 2.56 bits per heavy atom. The molecular weight excluding hydrogens is 435 g/mol. The van der Waals surface area contributed by atoms with E-state index >= 15 is 0 Å². The fourth-order valence-electron chi connectivity index (χ4n) is 3.27. The van der Waals surface area contributed by atoms with Crippen LogP contribution in [-0.2, 0) is 17.8 Å². The predicted molar refractivity (Wildman–Crippen MR) is 125 cm³/mol. The lowest BCUT2D eigenvalue weighted by Gasteiger charge is -2.09. The third-order valence-electron chi connectivity index (χ3n) is 5.09. The highest BCUT2D eigenvalue weighted by molar-refractivity contribution is 6.04. The molecule has 0 aliphatic carbocycles. The Labute approximate surface area is 196 Å². The van der Waals surface area contributed by atoms with Crippen molar-refractivity contribution >= 4 is 17.5 Å². The van der Waals surface area contributed by atoms with Crippen LogP contribution in [-0.4, -0.2) is 22.0 Å². The van der Waals surface area contributed by atoms with Gasteiger partial charge in [-0.1, -0.05) is 35.9 Å². The smallest absolute Gasteiger partial charge is 0.255 e. The lowest BCUT2D eigenvalue weighted by atomic mass is 10.1. The minimum absolute atomic E-state index is 0.163. The molecule has 3 aromatic carbocycles. The van der Waals surface area contributed by atoms with Crippen molar-refractivity contribution in [2.45, 2.75) is 26.3 Å². The maximum atomic E-state index is 13.3. The van der Waals surface area contributed by atoms with E-state index in [9.17, 15) is 14.0 Å². The minimum Gasteiger partial charge on any atom is -0.421 e. The van der Waals surface area contributed by atoms with Crippen molar-refractivity contribution < 1.29 is 18.4 Å². The lowest BCUT2D eigenvalue weighted by Crippen LogP contribution is -2.23. The second-order valence-electron chi connectivity index (χ2n) is 7.81. The number of nitrogens with zero attached hydrogens (tertiary/aromatic N) is 2. The molecule has 0 aliphatic rings. The first-order valence-electron chi connectivity index (χ1n) is 10.8. The molecule has 4 aromatic rings. The SMILES string of the molecule is Cc1ccc(-c2nnc(CCC(=O)NCc3cccc(NC(=O)c4cccc(F)c4)c3)o2)cc1. The Bertz CT molecular complexity index is 1300. The van der Waals surface area contributed by atoms with Crippen LogP contribution in [0.25, 0.3) is 11.5 Å². The maximum absolute atomic E-state index is 13.3. The van der Waals surface area contributed by atoms with Gasteiger partial charge in [0.05, 0.1) is 0 Å². The number of hydrogen-bond acceptors (Lipinski definition) is 5. The van der Waals surface area contributed by atoms with Gasteiger partial charge in [-0.15, -0.1) is 10.2 Å². The van der Waals surface area contributed by atoms with Gasteiger partial charge in [0.25, 0.3) is 5.91 Å². The normalized spacial score (nSPS) is 10.6. The minimum atomic E-state index is -0.476. The highest BCUT2D eigenvalue weighted by Gasteiger charge is 2.11. The Kier molecular flexibility index (Phi) is 7.07. The number of nitrogens with one attached hydrogen (secondary N) is 2. The van der Waals surface area contributed by atoms with Crippen molar-refractivity contribution in [2.24, 2.45) is 0 Å². The number of benzene rings is 3. The average molecular weight is 458 g/mol. The summed E-state index contributed by atoms with van der Waals surface area (Å²) in [6.45, 7) is 2.29. The van der Waals surface area contributed by atoms with Gasteiger partial charge < -0.3 is 15.1 Å². The topological polar surface area (TPSA) is 97.1 Å². The molecule has 7 nitrogen and oxygen atoms in total. The monoisotopic (exact) mass is 458 g/mol. The third-order valence-corrected chi connectivity index (χ3v) is 5.09. The zero-order valence-electron chi connectivity index (χ0n) is 18.5. The lowest BCUT2D eigenvalue weighted by molar-refractivity contribution is -0.121. The number of amides is 2. The van der Waals surface area contributed by atoms with Gasteiger partial charge in [-0.2, -0.15) is 0 Å². The zero-order valence-corrected chi connectivity index (χ0v) is 18.5.